The Morgan fingerprint density at radius 3 is 2.29 bits per heavy atom. The van der Waals surface area contributed by atoms with Gasteiger partial charge in [0.2, 0.25) is 0 Å². The third-order valence-corrected chi connectivity index (χ3v) is 3.27. The molecule has 0 bridgehead atoms. The van der Waals surface area contributed by atoms with Crippen LogP contribution in [0.4, 0.5) is 0 Å². The van der Waals surface area contributed by atoms with Gasteiger partial charge in [-0.1, -0.05) is 12.8 Å². The summed E-state index contributed by atoms with van der Waals surface area (Å²) in [5.41, 5.74) is 1.31. The van der Waals surface area contributed by atoms with Gasteiger partial charge >= 0.3 is 0 Å². The first-order valence-corrected chi connectivity index (χ1v) is 6.60. The van der Waals surface area contributed by atoms with Crippen LogP contribution in [0.2, 0.25) is 0 Å². The van der Waals surface area contributed by atoms with E-state index in [1.165, 1.54) is 31.2 Å². The zero-order valence-corrected chi connectivity index (χ0v) is 11.2. The number of hydrogen-bond acceptors (Lipinski definition) is 3. The highest BCUT2D eigenvalue weighted by Gasteiger charge is 2.19. The summed E-state index contributed by atoms with van der Waals surface area (Å²) >= 11 is 0. The number of nitrogens with zero attached hydrogens (tertiary/aromatic N) is 2. The topological polar surface area (TPSA) is 37.8 Å². The molecule has 0 aliphatic heterocycles. The van der Waals surface area contributed by atoms with E-state index < -0.39 is 0 Å². The summed E-state index contributed by atoms with van der Waals surface area (Å²) < 4.78 is 0. The smallest absolute Gasteiger partial charge is 0.131 e. The quantitative estimate of drug-likeness (QED) is 0.872. The van der Waals surface area contributed by atoms with Gasteiger partial charge in [0.25, 0.3) is 0 Å². The zero-order chi connectivity index (χ0) is 12.3. The Bertz CT molecular complexity index is 345. The van der Waals surface area contributed by atoms with Crippen molar-refractivity contribution >= 4 is 0 Å². The Kier molecular flexibility index (Phi) is 3.77. The molecule has 1 aliphatic rings. The fourth-order valence-corrected chi connectivity index (χ4v) is 2.22. The van der Waals surface area contributed by atoms with E-state index in [0.29, 0.717) is 5.92 Å². The second-order valence-corrected chi connectivity index (χ2v) is 6.03. The highest BCUT2D eigenvalue weighted by atomic mass is 15.0. The first-order chi connectivity index (χ1) is 8.04. The van der Waals surface area contributed by atoms with E-state index in [2.05, 4.69) is 36.1 Å². The summed E-state index contributed by atoms with van der Waals surface area (Å²) in [5.74, 6) is 1.65. The number of nitrogens with one attached hydrogen (secondary N) is 1. The van der Waals surface area contributed by atoms with Gasteiger partial charge in [-0.3, -0.25) is 0 Å². The maximum absolute atomic E-state index is 4.51. The third-order valence-electron chi connectivity index (χ3n) is 3.27. The lowest BCUT2D eigenvalue weighted by Crippen LogP contribution is -2.35. The molecule has 94 valence electrons. The SMILES string of the molecule is CC(C)(C)NCc1cnc(C2CCCC2)nc1. The van der Waals surface area contributed by atoms with Crippen LogP contribution in [0, 0.1) is 0 Å². The Hall–Kier alpha value is -0.960. The average Bonchev–Trinajstić information content (AvgIpc) is 2.79. The largest absolute Gasteiger partial charge is 0.308 e. The number of hydrogen-bond donors (Lipinski definition) is 1. The van der Waals surface area contributed by atoms with E-state index >= 15 is 0 Å². The van der Waals surface area contributed by atoms with Gasteiger partial charge in [0.15, 0.2) is 0 Å². The molecule has 0 atom stereocenters. The molecule has 0 aromatic carbocycles. The summed E-state index contributed by atoms with van der Waals surface area (Å²) in [6.07, 6.45) is 9.14. The molecule has 0 unspecified atom stereocenters. The lowest BCUT2D eigenvalue weighted by molar-refractivity contribution is 0.423. The second kappa shape index (κ2) is 5.13. The number of aromatic nitrogens is 2. The van der Waals surface area contributed by atoms with Crippen molar-refractivity contribution in [1.29, 1.82) is 0 Å². The molecular weight excluding hydrogens is 210 g/mol. The molecule has 1 saturated carbocycles. The molecule has 3 nitrogen and oxygen atoms in total. The molecule has 0 saturated heterocycles. The average molecular weight is 233 g/mol. The van der Waals surface area contributed by atoms with E-state index in [-0.39, 0.29) is 5.54 Å². The summed E-state index contributed by atoms with van der Waals surface area (Å²) in [6, 6.07) is 0. The van der Waals surface area contributed by atoms with E-state index in [4.69, 9.17) is 0 Å². The predicted octanol–water partition coefficient (Wildman–Crippen LogP) is 3.02. The minimum absolute atomic E-state index is 0.143. The van der Waals surface area contributed by atoms with Crippen LogP contribution in [-0.2, 0) is 6.54 Å². The maximum Gasteiger partial charge on any atom is 0.131 e. The maximum atomic E-state index is 4.51. The fraction of sp³-hybridized carbons (Fsp3) is 0.714. The lowest BCUT2D eigenvalue weighted by Gasteiger charge is -2.20. The van der Waals surface area contributed by atoms with Crippen LogP contribution in [0.25, 0.3) is 0 Å². The van der Waals surface area contributed by atoms with E-state index in [1.807, 2.05) is 12.4 Å². The van der Waals surface area contributed by atoms with Crippen molar-refractivity contribution in [2.24, 2.45) is 0 Å². The third kappa shape index (κ3) is 3.77. The first-order valence-electron chi connectivity index (χ1n) is 6.60. The monoisotopic (exact) mass is 233 g/mol. The molecule has 1 aliphatic carbocycles. The van der Waals surface area contributed by atoms with Crippen LogP contribution in [0.15, 0.2) is 12.4 Å². The molecule has 1 fully saturated rings. The molecule has 1 aromatic heterocycles. The second-order valence-electron chi connectivity index (χ2n) is 6.03. The standard InChI is InChI=1S/C14H23N3/c1-14(2,3)17-10-11-8-15-13(16-9-11)12-6-4-5-7-12/h8-9,12,17H,4-7,10H2,1-3H3. The molecule has 0 amide bonds. The van der Waals surface area contributed by atoms with Crippen molar-refractivity contribution in [3.8, 4) is 0 Å². The summed E-state index contributed by atoms with van der Waals surface area (Å²) in [4.78, 5) is 9.02. The van der Waals surface area contributed by atoms with E-state index in [9.17, 15) is 0 Å². The molecule has 1 heterocycles. The highest BCUT2D eigenvalue weighted by molar-refractivity contribution is 5.08. The predicted molar refractivity (Wildman–Crippen MR) is 69.8 cm³/mol. The lowest BCUT2D eigenvalue weighted by atomic mass is 10.1. The van der Waals surface area contributed by atoms with Gasteiger partial charge in [-0.2, -0.15) is 0 Å². The minimum Gasteiger partial charge on any atom is -0.308 e. The minimum atomic E-state index is 0.143. The molecule has 17 heavy (non-hydrogen) atoms. The van der Waals surface area contributed by atoms with Crippen molar-refractivity contribution in [1.82, 2.24) is 15.3 Å². The van der Waals surface area contributed by atoms with Crippen LogP contribution >= 0.6 is 0 Å². The molecule has 1 N–H and O–H groups in total. The number of rotatable bonds is 3. The van der Waals surface area contributed by atoms with E-state index in [1.54, 1.807) is 0 Å². The van der Waals surface area contributed by atoms with Crippen molar-refractivity contribution < 1.29 is 0 Å². The molecule has 2 rings (SSSR count). The van der Waals surface area contributed by atoms with Crippen molar-refractivity contribution in [3.63, 3.8) is 0 Å². The Morgan fingerprint density at radius 1 is 1.18 bits per heavy atom. The van der Waals surface area contributed by atoms with Gasteiger partial charge in [-0.25, -0.2) is 9.97 Å². The Morgan fingerprint density at radius 2 is 1.76 bits per heavy atom. The summed E-state index contributed by atoms with van der Waals surface area (Å²) in [7, 11) is 0. The van der Waals surface area contributed by atoms with Crippen molar-refractivity contribution in [3.05, 3.63) is 23.8 Å². The van der Waals surface area contributed by atoms with Gasteiger partial charge in [-0.15, -0.1) is 0 Å². The molecule has 3 heteroatoms. The van der Waals surface area contributed by atoms with E-state index in [0.717, 1.165) is 12.4 Å². The van der Waals surface area contributed by atoms with Gasteiger partial charge < -0.3 is 5.32 Å². The first kappa shape index (κ1) is 12.5. The highest BCUT2D eigenvalue weighted by Crippen LogP contribution is 2.31. The normalized spacial score (nSPS) is 17.6. The van der Waals surface area contributed by atoms with Crippen LogP contribution in [0.5, 0.6) is 0 Å². The zero-order valence-electron chi connectivity index (χ0n) is 11.2. The van der Waals surface area contributed by atoms with Crippen LogP contribution in [0.1, 0.15) is 63.8 Å². The van der Waals surface area contributed by atoms with Gasteiger partial charge in [-0.05, 0) is 33.6 Å². The Balaban J connectivity index is 1.93. The van der Waals surface area contributed by atoms with Gasteiger partial charge in [0, 0.05) is 36.0 Å². The van der Waals surface area contributed by atoms with Crippen molar-refractivity contribution in [2.75, 3.05) is 0 Å². The fourth-order valence-electron chi connectivity index (χ4n) is 2.22. The molecule has 0 spiro atoms. The van der Waals surface area contributed by atoms with Gasteiger partial charge in [0.1, 0.15) is 5.82 Å². The molecule has 0 radical (unpaired) electrons. The van der Waals surface area contributed by atoms with Crippen LogP contribution in [-0.4, -0.2) is 15.5 Å². The molecular formula is C14H23N3. The van der Waals surface area contributed by atoms with Crippen molar-refractivity contribution in [2.45, 2.75) is 64.5 Å². The summed E-state index contributed by atoms with van der Waals surface area (Å²) in [6.45, 7) is 7.34. The molecule has 1 aromatic rings. The summed E-state index contributed by atoms with van der Waals surface area (Å²) in [5, 5.41) is 3.45. The van der Waals surface area contributed by atoms with Crippen LogP contribution in [0.3, 0.4) is 0 Å². The Labute approximate surface area is 104 Å². The van der Waals surface area contributed by atoms with Crippen LogP contribution < -0.4 is 5.32 Å². The van der Waals surface area contributed by atoms with Gasteiger partial charge in [0.05, 0.1) is 0 Å².